The molecule has 3 aromatic carbocycles. The Morgan fingerprint density at radius 2 is 1.75 bits per heavy atom. The Morgan fingerprint density at radius 1 is 1.09 bits per heavy atom. The molecule has 0 aliphatic carbocycles. The standard InChI is InChI=1S/C23H17BrN2O5S/c1-15-2-9-21(10-3-15)32(29,30)31-22-11-4-18(24)13-16(22)12-17(14-25)23(28)26-19-5-7-20(27)8-6-19/h2-13,27H,1H3,(H,26,28)/b17-12+. The van der Waals surface area contributed by atoms with Gasteiger partial charge in [0.05, 0.1) is 0 Å². The van der Waals surface area contributed by atoms with E-state index >= 15 is 0 Å². The molecule has 162 valence electrons. The van der Waals surface area contributed by atoms with Crippen molar-refractivity contribution in [3.05, 3.63) is 87.9 Å². The third-order valence-electron chi connectivity index (χ3n) is 4.27. The van der Waals surface area contributed by atoms with Crippen molar-refractivity contribution < 1.29 is 22.5 Å². The summed E-state index contributed by atoms with van der Waals surface area (Å²) in [5.74, 6) is -0.714. The molecule has 2 N–H and O–H groups in total. The summed E-state index contributed by atoms with van der Waals surface area (Å²) in [7, 11) is -4.13. The first-order valence-corrected chi connectivity index (χ1v) is 11.4. The number of hydrogen-bond acceptors (Lipinski definition) is 6. The molecule has 9 heteroatoms. The van der Waals surface area contributed by atoms with Crippen molar-refractivity contribution in [1.29, 1.82) is 5.26 Å². The lowest BCUT2D eigenvalue weighted by Crippen LogP contribution is -2.14. The molecule has 0 saturated heterocycles. The van der Waals surface area contributed by atoms with Crippen LogP contribution in [0.4, 0.5) is 5.69 Å². The lowest BCUT2D eigenvalue weighted by atomic mass is 10.1. The van der Waals surface area contributed by atoms with E-state index in [0.29, 0.717) is 10.2 Å². The van der Waals surface area contributed by atoms with E-state index in [1.54, 1.807) is 18.2 Å². The summed E-state index contributed by atoms with van der Waals surface area (Å²) >= 11 is 3.30. The number of nitrogens with zero attached hydrogens (tertiary/aromatic N) is 1. The molecule has 0 aromatic heterocycles. The summed E-state index contributed by atoms with van der Waals surface area (Å²) in [6.45, 7) is 1.83. The summed E-state index contributed by atoms with van der Waals surface area (Å²) in [6, 6.07) is 18.3. The van der Waals surface area contributed by atoms with Gasteiger partial charge < -0.3 is 14.6 Å². The quantitative estimate of drug-likeness (QED) is 0.212. The molecule has 0 saturated carbocycles. The van der Waals surface area contributed by atoms with E-state index in [1.165, 1.54) is 54.6 Å². The monoisotopic (exact) mass is 512 g/mol. The minimum absolute atomic E-state index is 0.0217. The maximum atomic E-state index is 12.7. The van der Waals surface area contributed by atoms with Gasteiger partial charge in [0, 0.05) is 15.7 Å². The van der Waals surface area contributed by atoms with Crippen molar-refractivity contribution in [1.82, 2.24) is 0 Å². The number of aromatic hydroxyl groups is 1. The van der Waals surface area contributed by atoms with Crippen molar-refractivity contribution in [2.75, 3.05) is 5.32 Å². The normalized spacial score (nSPS) is 11.5. The summed E-state index contributed by atoms with van der Waals surface area (Å²) in [6.07, 6.45) is 1.24. The number of halogens is 1. The number of phenols is 1. The number of carbonyl (C=O) groups excluding carboxylic acids is 1. The maximum Gasteiger partial charge on any atom is 0.339 e. The maximum absolute atomic E-state index is 12.7. The van der Waals surface area contributed by atoms with E-state index in [9.17, 15) is 23.6 Å². The van der Waals surface area contributed by atoms with Crippen molar-refractivity contribution >= 4 is 43.7 Å². The average Bonchev–Trinajstić information content (AvgIpc) is 2.75. The lowest BCUT2D eigenvalue weighted by molar-refractivity contribution is -0.112. The molecule has 0 unspecified atom stereocenters. The van der Waals surface area contributed by atoms with Crippen LogP contribution in [0.15, 0.2) is 81.7 Å². The minimum Gasteiger partial charge on any atom is -0.508 e. The molecule has 7 nitrogen and oxygen atoms in total. The summed E-state index contributed by atoms with van der Waals surface area (Å²) in [5, 5.41) is 21.4. The van der Waals surface area contributed by atoms with Crippen molar-refractivity contribution in [2.45, 2.75) is 11.8 Å². The van der Waals surface area contributed by atoms with Crippen LogP contribution in [0.2, 0.25) is 0 Å². The fraction of sp³-hybridized carbons (Fsp3) is 0.0435. The Kier molecular flexibility index (Phi) is 6.98. The SMILES string of the molecule is Cc1ccc(S(=O)(=O)Oc2ccc(Br)cc2/C=C(\C#N)C(=O)Nc2ccc(O)cc2)cc1. The molecule has 3 rings (SSSR count). The van der Waals surface area contributed by atoms with Gasteiger partial charge in [-0.25, -0.2) is 0 Å². The highest BCUT2D eigenvalue weighted by Crippen LogP contribution is 2.29. The van der Waals surface area contributed by atoms with Gasteiger partial charge in [-0.2, -0.15) is 13.7 Å². The highest BCUT2D eigenvalue weighted by Gasteiger charge is 2.19. The van der Waals surface area contributed by atoms with Crippen LogP contribution in [0.25, 0.3) is 6.08 Å². The smallest absolute Gasteiger partial charge is 0.339 e. The minimum atomic E-state index is -4.13. The van der Waals surface area contributed by atoms with Gasteiger partial charge in [-0.15, -0.1) is 0 Å². The highest BCUT2D eigenvalue weighted by atomic mass is 79.9. The Morgan fingerprint density at radius 3 is 2.38 bits per heavy atom. The number of rotatable bonds is 6. The number of hydrogen-bond donors (Lipinski definition) is 2. The van der Waals surface area contributed by atoms with Crippen molar-refractivity contribution in [3.8, 4) is 17.6 Å². The van der Waals surface area contributed by atoms with E-state index in [1.807, 2.05) is 13.0 Å². The third kappa shape index (κ3) is 5.75. The molecular formula is C23H17BrN2O5S. The Balaban J connectivity index is 1.93. The number of phenolic OH excluding ortho intramolecular Hbond substituents is 1. The van der Waals surface area contributed by atoms with Crippen LogP contribution < -0.4 is 9.50 Å². The van der Waals surface area contributed by atoms with Crippen LogP contribution in [0.5, 0.6) is 11.5 Å². The number of carbonyl (C=O) groups is 1. The summed E-state index contributed by atoms with van der Waals surface area (Å²) in [4.78, 5) is 12.5. The second-order valence-electron chi connectivity index (χ2n) is 6.70. The lowest BCUT2D eigenvalue weighted by Gasteiger charge is -2.11. The molecule has 32 heavy (non-hydrogen) atoms. The first-order chi connectivity index (χ1) is 15.2. The number of amides is 1. The molecule has 0 aliphatic rings. The Labute approximate surface area is 193 Å². The van der Waals surface area contributed by atoms with Gasteiger partial charge in [0.15, 0.2) is 0 Å². The molecule has 0 heterocycles. The average molecular weight is 513 g/mol. The van der Waals surface area contributed by atoms with E-state index in [4.69, 9.17) is 4.18 Å². The zero-order valence-corrected chi connectivity index (χ0v) is 19.1. The predicted molar refractivity (Wildman–Crippen MR) is 123 cm³/mol. The predicted octanol–water partition coefficient (Wildman–Crippen LogP) is 4.78. The first-order valence-electron chi connectivity index (χ1n) is 9.21. The van der Waals surface area contributed by atoms with Crippen LogP contribution in [-0.2, 0) is 14.9 Å². The molecule has 0 spiro atoms. The van der Waals surface area contributed by atoms with Crippen molar-refractivity contribution in [2.24, 2.45) is 0 Å². The van der Waals surface area contributed by atoms with Gasteiger partial charge in [-0.05, 0) is 67.6 Å². The van der Waals surface area contributed by atoms with Gasteiger partial charge in [0.2, 0.25) is 0 Å². The van der Waals surface area contributed by atoms with Crippen LogP contribution in [-0.4, -0.2) is 19.4 Å². The summed E-state index contributed by atoms with van der Waals surface area (Å²) < 4.78 is 31.3. The highest BCUT2D eigenvalue weighted by molar-refractivity contribution is 9.10. The number of benzene rings is 3. The number of nitriles is 1. The van der Waals surface area contributed by atoms with E-state index < -0.39 is 16.0 Å². The molecular weight excluding hydrogens is 496 g/mol. The van der Waals surface area contributed by atoms with E-state index in [2.05, 4.69) is 21.2 Å². The van der Waals surface area contributed by atoms with Crippen LogP contribution in [0.1, 0.15) is 11.1 Å². The van der Waals surface area contributed by atoms with Gasteiger partial charge in [0.25, 0.3) is 5.91 Å². The number of anilines is 1. The fourth-order valence-electron chi connectivity index (χ4n) is 2.63. The summed E-state index contributed by atoms with van der Waals surface area (Å²) in [5.41, 5.74) is 1.22. The molecule has 1 amide bonds. The Hall–Kier alpha value is -3.61. The van der Waals surface area contributed by atoms with Crippen LogP contribution >= 0.6 is 15.9 Å². The van der Waals surface area contributed by atoms with Crippen molar-refractivity contribution in [3.63, 3.8) is 0 Å². The molecule has 0 radical (unpaired) electrons. The third-order valence-corrected chi connectivity index (χ3v) is 6.01. The second kappa shape index (κ2) is 9.68. The molecule has 0 aliphatic heterocycles. The number of nitrogens with one attached hydrogen (secondary N) is 1. The van der Waals surface area contributed by atoms with E-state index in [-0.39, 0.29) is 27.5 Å². The molecule has 0 fully saturated rings. The van der Waals surface area contributed by atoms with Gasteiger partial charge in [0.1, 0.15) is 28.0 Å². The second-order valence-corrected chi connectivity index (χ2v) is 9.17. The van der Waals surface area contributed by atoms with E-state index in [0.717, 1.165) is 5.56 Å². The zero-order chi connectivity index (χ0) is 23.3. The molecule has 3 aromatic rings. The molecule has 0 atom stereocenters. The fourth-order valence-corrected chi connectivity index (χ4v) is 3.96. The van der Waals surface area contributed by atoms with Gasteiger partial charge >= 0.3 is 10.1 Å². The topological polar surface area (TPSA) is 116 Å². The largest absolute Gasteiger partial charge is 0.508 e. The van der Waals surface area contributed by atoms with Gasteiger partial charge in [-0.1, -0.05) is 33.6 Å². The Bertz CT molecular complexity index is 1330. The molecule has 0 bridgehead atoms. The van der Waals surface area contributed by atoms with Gasteiger partial charge in [-0.3, -0.25) is 4.79 Å². The van der Waals surface area contributed by atoms with Crippen LogP contribution in [0.3, 0.4) is 0 Å². The zero-order valence-electron chi connectivity index (χ0n) is 16.7. The van der Waals surface area contributed by atoms with Crippen LogP contribution in [0, 0.1) is 18.3 Å². The first kappa shape index (κ1) is 23.1. The number of aryl methyl sites for hydroxylation is 1.